The minimum absolute atomic E-state index is 0. The van der Waals surface area contributed by atoms with Crippen LogP contribution in [-0.2, 0) is 23.0 Å². The zero-order chi connectivity index (χ0) is 20.0. The number of nitrogens with one attached hydrogen (secondary N) is 2. The molecule has 2 aromatic rings. The highest BCUT2D eigenvalue weighted by atomic mass is 127. The van der Waals surface area contributed by atoms with Crippen LogP contribution in [0.15, 0.2) is 53.5 Å². The minimum atomic E-state index is -3.38. The highest BCUT2D eigenvalue weighted by molar-refractivity contribution is 14.0. The van der Waals surface area contributed by atoms with Crippen molar-refractivity contribution in [2.75, 3.05) is 37.3 Å². The number of hydrogen-bond donors (Lipinski definition) is 2. The Hall–Kier alpha value is -2.01. The number of rotatable bonds is 7. The summed E-state index contributed by atoms with van der Waals surface area (Å²) < 4.78 is 32.2. The maximum absolute atomic E-state index is 12.7. The number of methoxy groups -OCH3 is 1. The highest BCUT2D eigenvalue weighted by Gasteiger charge is 2.28. The lowest BCUT2D eigenvalue weighted by molar-refractivity contribution is 0.414. The molecule has 0 bridgehead atoms. The van der Waals surface area contributed by atoms with E-state index in [9.17, 15) is 8.42 Å². The summed E-state index contributed by atoms with van der Waals surface area (Å²) in [6, 6.07) is 15.4. The SMILES string of the molecule is CN=C(NCCS(=O)(=O)N1CCc2ccccc21)NCc1cccc(OC)c1.I. The molecule has 3 rings (SSSR count). The third kappa shape index (κ3) is 5.99. The number of aliphatic imine (C=N–C) groups is 1. The van der Waals surface area contributed by atoms with Crippen LogP contribution in [0.1, 0.15) is 11.1 Å². The van der Waals surface area contributed by atoms with E-state index < -0.39 is 10.0 Å². The quantitative estimate of drug-likeness (QED) is 0.327. The summed E-state index contributed by atoms with van der Waals surface area (Å²) in [7, 11) is -0.0918. The van der Waals surface area contributed by atoms with Gasteiger partial charge in [0.2, 0.25) is 10.0 Å². The van der Waals surface area contributed by atoms with Crippen molar-refractivity contribution in [3.8, 4) is 5.75 Å². The van der Waals surface area contributed by atoms with Gasteiger partial charge in [-0.15, -0.1) is 24.0 Å². The van der Waals surface area contributed by atoms with Crippen LogP contribution in [0.3, 0.4) is 0 Å². The molecule has 0 atom stereocenters. The lowest BCUT2D eigenvalue weighted by Crippen LogP contribution is -2.41. The summed E-state index contributed by atoms with van der Waals surface area (Å²) in [4.78, 5) is 4.15. The van der Waals surface area contributed by atoms with E-state index in [0.717, 1.165) is 29.0 Å². The number of fused-ring (bicyclic) bond motifs is 1. The largest absolute Gasteiger partial charge is 0.497 e. The topological polar surface area (TPSA) is 83.0 Å². The number of anilines is 1. The fourth-order valence-corrected chi connectivity index (χ4v) is 4.62. The Morgan fingerprint density at radius 1 is 1.17 bits per heavy atom. The summed E-state index contributed by atoms with van der Waals surface area (Å²) in [5, 5.41) is 6.26. The van der Waals surface area contributed by atoms with Crippen LogP contribution in [0, 0.1) is 0 Å². The molecule has 0 amide bonds. The molecule has 0 saturated heterocycles. The number of nitrogens with zero attached hydrogens (tertiary/aromatic N) is 2. The number of ether oxygens (including phenoxy) is 1. The average molecular weight is 530 g/mol. The maximum atomic E-state index is 12.7. The molecule has 1 aliphatic heterocycles. The van der Waals surface area contributed by atoms with Crippen LogP contribution in [-0.4, -0.2) is 47.4 Å². The predicted octanol–water partition coefficient (Wildman–Crippen LogP) is 2.37. The van der Waals surface area contributed by atoms with Gasteiger partial charge in [0.1, 0.15) is 5.75 Å². The maximum Gasteiger partial charge on any atom is 0.236 e. The van der Waals surface area contributed by atoms with Crippen LogP contribution < -0.4 is 19.7 Å². The Morgan fingerprint density at radius 2 is 1.97 bits per heavy atom. The molecule has 29 heavy (non-hydrogen) atoms. The molecule has 2 aromatic carbocycles. The first-order valence-electron chi connectivity index (χ1n) is 9.19. The lowest BCUT2D eigenvalue weighted by atomic mass is 10.2. The fraction of sp³-hybridized carbons (Fsp3) is 0.350. The second kappa shape index (κ2) is 10.7. The molecule has 0 saturated carbocycles. The minimum Gasteiger partial charge on any atom is -0.497 e. The molecule has 0 fully saturated rings. The summed E-state index contributed by atoms with van der Waals surface area (Å²) in [6.07, 6.45) is 0.757. The third-order valence-electron chi connectivity index (χ3n) is 4.65. The Kier molecular flexibility index (Phi) is 8.57. The molecule has 2 N–H and O–H groups in total. The smallest absolute Gasteiger partial charge is 0.236 e. The molecule has 9 heteroatoms. The standard InChI is InChI=1S/C20H26N4O3S.HI/c1-21-20(23-15-16-6-5-8-18(14-16)27-2)22-11-13-28(25,26)24-12-10-17-7-3-4-9-19(17)24;/h3-9,14H,10-13,15H2,1-2H3,(H2,21,22,23);1H. The monoisotopic (exact) mass is 530 g/mol. The summed E-state index contributed by atoms with van der Waals surface area (Å²) >= 11 is 0. The summed E-state index contributed by atoms with van der Waals surface area (Å²) in [6.45, 7) is 1.34. The van der Waals surface area contributed by atoms with E-state index in [1.807, 2.05) is 48.5 Å². The number of halogens is 1. The van der Waals surface area contributed by atoms with Crippen LogP contribution >= 0.6 is 24.0 Å². The van der Waals surface area contributed by atoms with Crippen molar-refractivity contribution in [2.24, 2.45) is 4.99 Å². The Balaban J connectivity index is 0.00000300. The van der Waals surface area contributed by atoms with Crippen LogP contribution in [0.5, 0.6) is 5.75 Å². The number of sulfonamides is 1. The molecule has 0 spiro atoms. The second-order valence-electron chi connectivity index (χ2n) is 6.47. The van der Waals surface area contributed by atoms with Gasteiger partial charge in [-0.3, -0.25) is 9.30 Å². The van der Waals surface area contributed by atoms with Crippen molar-refractivity contribution < 1.29 is 13.2 Å². The Bertz CT molecular complexity index is 950. The van der Waals surface area contributed by atoms with E-state index in [0.29, 0.717) is 19.0 Å². The fourth-order valence-electron chi connectivity index (χ4n) is 3.19. The lowest BCUT2D eigenvalue weighted by Gasteiger charge is -2.20. The van der Waals surface area contributed by atoms with Gasteiger partial charge in [0.25, 0.3) is 0 Å². The number of hydrogen-bond acceptors (Lipinski definition) is 4. The van der Waals surface area contributed by atoms with Crippen molar-refractivity contribution in [1.82, 2.24) is 10.6 Å². The van der Waals surface area contributed by atoms with Gasteiger partial charge in [0, 0.05) is 26.7 Å². The summed E-state index contributed by atoms with van der Waals surface area (Å²) in [5.74, 6) is 1.35. The second-order valence-corrected chi connectivity index (χ2v) is 8.48. The molecule has 7 nitrogen and oxygen atoms in total. The predicted molar refractivity (Wildman–Crippen MR) is 128 cm³/mol. The van der Waals surface area contributed by atoms with E-state index in [-0.39, 0.29) is 36.3 Å². The van der Waals surface area contributed by atoms with E-state index in [4.69, 9.17) is 4.74 Å². The number of para-hydroxylation sites is 1. The first kappa shape index (κ1) is 23.3. The van der Waals surface area contributed by atoms with Crippen molar-refractivity contribution in [3.05, 3.63) is 59.7 Å². The first-order valence-corrected chi connectivity index (χ1v) is 10.8. The van der Waals surface area contributed by atoms with Gasteiger partial charge < -0.3 is 15.4 Å². The van der Waals surface area contributed by atoms with Crippen LogP contribution in [0.4, 0.5) is 5.69 Å². The molecule has 1 heterocycles. The van der Waals surface area contributed by atoms with Gasteiger partial charge in [-0.1, -0.05) is 30.3 Å². The zero-order valence-corrected chi connectivity index (χ0v) is 19.7. The zero-order valence-electron chi connectivity index (χ0n) is 16.6. The van der Waals surface area contributed by atoms with Gasteiger partial charge >= 0.3 is 0 Å². The van der Waals surface area contributed by atoms with Gasteiger partial charge in [-0.05, 0) is 35.7 Å². The van der Waals surface area contributed by atoms with Gasteiger partial charge in [-0.2, -0.15) is 0 Å². The molecule has 0 radical (unpaired) electrons. The van der Waals surface area contributed by atoms with Crippen molar-refractivity contribution in [3.63, 3.8) is 0 Å². The molecule has 0 aromatic heterocycles. The van der Waals surface area contributed by atoms with Crippen molar-refractivity contribution in [1.29, 1.82) is 0 Å². The van der Waals surface area contributed by atoms with Gasteiger partial charge in [0.05, 0.1) is 18.6 Å². The molecular weight excluding hydrogens is 503 g/mol. The number of benzene rings is 2. The first-order chi connectivity index (χ1) is 13.5. The van der Waals surface area contributed by atoms with E-state index >= 15 is 0 Å². The molecule has 0 unspecified atom stereocenters. The molecule has 158 valence electrons. The summed E-state index contributed by atoms with van der Waals surface area (Å²) in [5.41, 5.74) is 2.92. The van der Waals surface area contributed by atoms with E-state index in [1.165, 1.54) is 4.31 Å². The molecule has 1 aliphatic rings. The van der Waals surface area contributed by atoms with E-state index in [1.54, 1.807) is 14.2 Å². The number of guanidine groups is 1. The molecule has 0 aliphatic carbocycles. The molecular formula is C20H27IN4O3S. The Labute approximate surface area is 189 Å². The Morgan fingerprint density at radius 3 is 2.72 bits per heavy atom. The van der Waals surface area contributed by atoms with Crippen molar-refractivity contribution in [2.45, 2.75) is 13.0 Å². The van der Waals surface area contributed by atoms with Gasteiger partial charge in [0.15, 0.2) is 5.96 Å². The average Bonchev–Trinajstić information content (AvgIpc) is 3.16. The van der Waals surface area contributed by atoms with E-state index in [2.05, 4.69) is 15.6 Å². The van der Waals surface area contributed by atoms with Gasteiger partial charge in [-0.25, -0.2) is 8.42 Å². The van der Waals surface area contributed by atoms with Crippen LogP contribution in [0.2, 0.25) is 0 Å². The normalized spacial score (nSPS) is 13.4. The third-order valence-corrected chi connectivity index (χ3v) is 6.42. The highest BCUT2D eigenvalue weighted by Crippen LogP contribution is 2.29. The van der Waals surface area contributed by atoms with Crippen molar-refractivity contribution >= 4 is 45.6 Å². The van der Waals surface area contributed by atoms with Crippen LogP contribution in [0.25, 0.3) is 0 Å².